The normalized spacial score (nSPS) is 15.4. The van der Waals surface area contributed by atoms with Gasteiger partial charge in [-0.2, -0.15) is 0 Å². The number of carbonyl (C=O) groups is 2. The fraction of sp³-hybridized carbons (Fsp3) is 0.364. The Bertz CT molecular complexity index is 515. The molecule has 7 nitrogen and oxygen atoms in total. The molecule has 0 radical (unpaired) electrons. The number of carbonyl (C=O) groups excluding carboxylic acids is 1. The van der Waals surface area contributed by atoms with Gasteiger partial charge in [0.1, 0.15) is 5.82 Å². The van der Waals surface area contributed by atoms with Crippen LogP contribution in [0.15, 0.2) is 12.3 Å². The minimum absolute atomic E-state index is 0.248. The molecule has 2 rings (SSSR count). The zero-order valence-corrected chi connectivity index (χ0v) is 10.8. The van der Waals surface area contributed by atoms with Gasteiger partial charge in [-0.25, -0.2) is 9.78 Å². The summed E-state index contributed by atoms with van der Waals surface area (Å²) >= 11 is 6.06. The summed E-state index contributed by atoms with van der Waals surface area (Å²) in [5.41, 5.74) is 5.39. The summed E-state index contributed by atoms with van der Waals surface area (Å²) in [6.07, 6.45) is 0.440. The van der Waals surface area contributed by atoms with E-state index in [4.69, 9.17) is 22.4 Å². The molecule has 102 valence electrons. The number of aromatic nitrogens is 1. The molecule has 0 aliphatic carbocycles. The molecule has 1 aliphatic rings. The molecular formula is C11H13ClN4O3. The lowest BCUT2D eigenvalue weighted by Gasteiger charge is -2.34. The third-order valence-corrected chi connectivity index (χ3v) is 3.23. The number of primary amides is 1. The highest BCUT2D eigenvalue weighted by atomic mass is 35.5. The van der Waals surface area contributed by atoms with Crippen LogP contribution >= 0.6 is 11.6 Å². The van der Waals surface area contributed by atoms with E-state index >= 15 is 0 Å². The maximum absolute atomic E-state index is 11.0. The largest absolute Gasteiger partial charge is 0.465 e. The summed E-state index contributed by atoms with van der Waals surface area (Å²) in [6, 6.07) is 1.47. The minimum atomic E-state index is -0.928. The van der Waals surface area contributed by atoms with Crippen molar-refractivity contribution in [1.82, 2.24) is 9.88 Å². The molecule has 0 unspecified atom stereocenters. The second-order valence-electron chi connectivity index (χ2n) is 4.15. The molecule has 0 spiro atoms. The van der Waals surface area contributed by atoms with E-state index in [0.29, 0.717) is 37.0 Å². The van der Waals surface area contributed by atoms with Crippen molar-refractivity contribution in [1.29, 1.82) is 0 Å². The Morgan fingerprint density at radius 3 is 2.42 bits per heavy atom. The average molecular weight is 285 g/mol. The lowest BCUT2D eigenvalue weighted by Crippen LogP contribution is -2.48. The maximum atomic E-state index is 11.0. The monoisotopic (exact) mass is 284 g/mol. The number of piperazine rings is 1. The molecule has 1 fully saturated rings. The predicted molar refractivity (Wildman–Crippen MR) is 69.6 cm³/mol. The fourth-order valence-corrected chi connectivity index (χ4v) is 2.19. The van der Waals surface area contributed by atoms with Crippen molar-refractivity contribution >= 4 is 29.4 Å². The molecule has 1 saturated heterocycles. The Hall–Kier alpha value is -2.02. The first-order valence-corrected chi connectivity index (χ1v) is 6.05. The molecule has 2 amide bonds. The minimum Gasteiger partial charge on any atom is -0.465 e. The van der Waals surface area contributed by atoms with Crippen LogP contribution in [0.1, 0.15) is 10.4 Å². The summed E-state index contributed by atoms with van der Waals surface area (Å²) in [6.45, 7) is 1.81. The van der Waals surface area contributed by atoms with Crippen LogP contribution in [-0.2, 0) is 0 Å². The van der Waals surface area contributed by atoms with E-state index in [9.17, 15) is 9.59 Å². The zero-order valence-electron chi connectivity index (χ0n) is 10.0. The lowest BCUT2D eigenvalue weighted by molar-refractivity contribution is 0.0999. The van der Waals surface area contributed by atoms with E-state index in [1.165, 1.54) is 17.2 Å². The Balaban J connectivity index is 2.11. The van der Waals surface area contributed by atoms with E-state index in [1.807, 2.05) is 4.90 Å². The first kappa shape index (κ1) is 13.4. The van der Waals surface area contributed by atoms with Gasteiger partial charge in [-0.05, 0) is 6.07 Å². The average Bonchev–Trinajstić information content (AvgIpc) is 2.38. The SMILES string of the molecule is NC(=O)c1cnc(N2CCN(C(=O)O)CC2)c(Cl)c1. The molecule has 8 heteroatoms. The Morgan fingerprint density at radius 1 is 1.32 bits per heavy atom. The number of amides is 2. The summed E-state index contributed by atoms with van der Waals surface area (Å²) in [5.74, 6) is -0.0478. The van der Waals surface area contributed by atoms with Gasteiger partial charge in [-0.3, -0.25) is 4.79 Å². The van der Waals surface area contributed by atoms with Crippen LogP contribution < -0.4 is 10.6 Å². The molecule has 0 atom stereocenters. The van der Waals surface area contributed by atoms with Crippen LogP contribution in [0.5, 0.6) is 0 Å². The number of carboxylic acid groups (broad SMARTS) is 1. The maximum Gasteiger partial charge on any atom is 0.407 e. The number of pyridine rings is 1. The van der Waals surface area contributed by atoms with Gasteiger partial charge in [0.15, 0.2) is 0 Å². The molecule has 1 aromatic rings. The molecule has 0 aromatic carbocycles. The van der Waals surface area contributed by atoms with Gasteiger partial charge in [-0.1, -0.05) is 11.6 Å². The number of halogens is 1. The zero-order chi connectivity index (χ0) is 14.0. The van der Waals surface area contributed by atoms with E-state index in [1.54, 1.807) is 0 Å². The first-order valence-electron chi connectivity index (χ1n) is 5.67. The molecular weight excluding hydrogens is 272 g/mol. The molecule has 1 aliphatic heterocycles. The van der Waals surface area contributed by atoms with Crippen molar-refractivity contribution in [2.75, 3.05) is 31.1 Å². The van der Waals surface area contributed by atoms with Gasteiger partial charge in [0.2, 0.25) is 5.91 Å². The third-order valence-electron chi connectivity index (χ3n) is 2.96. The summed E-state index contributed by atoms with van der Waals surface area (Å²) in [5, 5.41) is 9.19. The Kier molecular flexibility index (Phi) is 3.75. The van der Waals surface area contributed by atoms with Crippen LogP contribution in [0, 0.1) is 0 Å². The fourth-order valence-electron chi connectivity index (χ4n) is 1.91. The van der Waals surface area contributed by atoms with E-state index in [2.05, 4.69) is 4.98 Å². The van der Waals surface area contributed by atoms with Crippen LogP contribution in [0.3, 0.4) is 0 Å². The van der Waals surface area contributed by atoms with Gasteiger partial charge in [0, 0.05) is 32.4 Å². The highest BCUT2D eigenvalue weighted by Gasteiger charge is 2.22. The molecule has 3 N–H and O–H groups in total. The van der Waals surface area contributed by atoms with Gasteiger partial charge in [0.25, 0.3) is 0 Å². The van der Waals surface area contributed by atoms with Crippen LogP contribution in [-0.4, -0.2) is 53.2 Å². The van der Waals surface area contributed by atoms with Crippen molar-refractivity contribution in [2.45, 2.75) is 0 Å². The van der Waals surface area contributed by atoms with E-state index in [0.717, 1.165) is 0 Å². The van der Waals surface area contributed by atoms with Crippen molar-refractivity contribution < 1.29 is 14.7 Å². The predicted octanol–water partition coefficient (Wildman–Crippen LogP) is 0.634. The third kappa shape index (κ3) is 2.87. The lowest BCUT2D eigenvalue weighted by atomic mass is 10.2. The van der Waals surface area contributed by atoms with Crippen LogP contribution in [0.25, 0.3) is 0 Å². The molecule has 2 heterocycles. The Labute approximate surface area is 114 Å². The smallest absolute Gasteiger partial charge is 0.407 e. The standard InChI is InChI=1S/C11H13ClN4O3/c12-8-5-7(9(13)17)6-14-10(8)15-1-3-16(4-2-15)11(18)19/h5-6H,1-4H2,(H2,13,17)(H,18,19). The molecule has 19 heavy (non-hydrogen) atoms. The number of anilines is 1. The van der Waals surface area contributed by atoms with Crippen molar-refractivity contribution in [3.63, 3.8) is 0 Å². The number of nitrogens with two attached hydrogens (primary N) is 1. The van der Waals surface area contributed by atoms with Crippen LogP contribution in [0.4, 0.5) is 10.6 Å². The second-order valence-corrected chi connectivity index (χ2v) is 4.56. The van der Waals surface area contributed by atoms with Crippen molar-refractivity contribution in [2.24, 2.45) is 5.73 Å². The van der Waals surface area contributed by atoms with Crippen LogP contribution in [0.2, 0.25) is 5.02 Å². The summed E-state index contributed by atoms with van der Waals surface area (Å²) in [7, 11) is 0. The first-order chi connectivity index (χ1) is 8.99. The quantitative estimate of drug-likeness (QED) is 0.830. The van der Waals surface area contributed by atoms with Crippen molar-refractivity contribution in [3.05, 3.63) is 22.8 Å². The van der Waals surface area contributed by atoms with Crippen molar-refractivity contribution in [3.8, 4) is 0 Å². The number of nitrogens with zero attached hydrogens (tertiary/aromatic N) is 3. The highest BCUT2D eigenvalue weighted by Crippen LogP contribution is 2.24. The van der Waals surface area contributed by atoms with E-state index in [-0.39, 0.29) is 5.56 Å². The second kappa shape index (κ2) is 5.31. The number of hydrogen-bond acceptors (Lipinski definition) is 4. The highest BCUT2D eigenvalue weighted by molar-refractivity contribution is 6.33. The number of rotatable bonds is 2. The Morgan fingerprint density at radius 2 is 1.95 bits per heavy atom. The van der Waals surface area contributed by atoms with Gasteiger partial charge < -0.3 is 20.6 Å². The number of hydrogen-bond donors (Lipinski definition) is 2. The molecule has 1 aromatic heterocycles. The van der Waals surface area contributed by atoms with Gasteiger partial charge in [-0.15, -0.1) is 0 Å². The van der Waals surface area contributed by atoms with Gasteiger partial charge in [0.05, 0.1) is 10.6 Å². The molecule has 0 saturated carbocycles. The summed E-state index contributed by atoms with van der Waals surface area (Å²) in [4.78, 5) is 29.1. The topological polar surface area (TPSA) is 99.8 Å². The summed E-state index contributed by atoms with van der Waals surface area (Å²) < 4.78 is 0. The van der Waals surface area contributed by atoms with Gasteiger partial charge >= 0.3 is 6.09 Å². The molecule has 0 bridgehead atoms. The van der Waals surface area contributed by atoms with E-state index < -0.39 is 12.0 Å².